The summed E-state index contributed by atoms with van der Waals surface area (Å²) in [6.07, 6.45) is 0. The molecular weight excluding hydrogens is 176 g/mol. The minimum atomic E-state index is -0.399. The lowest BCUT2D eigenvalue weighted by atomic mass is 10.3. The Hall–Kier alpha value is -1.36. The summed E-state index contributed by atoms with van der Waals surface area (Å²) in [6, 6.07) is 7.76. The summed E-state index contributed by atoms with van der Waals surface area (Å²) in [5, 5.41) is 0. The number of aromatic nitrogens is 2. The number of hydrogen-bond acceptors (Lipinski definition) is 3. The molecule has 5 heteroatoms. The molecule has 62 valence electrons. The molecule has 0 saturated heterocycles. The van der Waals surface area contributed by atoms with Crippen LogP contribution in [0.25, 0.3) is 11.0 Å². The standard InChI is InChI=1S/C7H6N2O2S/c10-12-11-7-8-5-3-1-2-4-6(5)9-7/h1-4,12H,(H,8,9). The van der Waals surface area contributed by atoms with E-state index < -0.39 is 11.9 Å². The zero-order valence-electron chi connectivity index (χ0n) is 6.02. The lowest BCUT2D eigenvalue weighted by Crippen LogP contribution is -1.84. The van der Waals surface area contributed by atoms with Crippen LogP contribution in [-0.4, -0.2) is 14.2 Å². The molecule has 4 nitrogen and oxygen atoms in total. The van der Waals surface area contributed by atoms with Crippen molar-refractivity contribution in [2.24, 2.45) is 0 Å². The fourth-order valence-electron chi connectivity index (χ4n) is 1.01. The molecule has 0 aliphatic carbocycles. The van der Waals surface area contributed by atoms with Gasteiger partial charge in [-0.3, -0.25) is 0 Å². The molecule has 1 N–H and O–H groups in total. The molecule has 0 aliphatic heterocycles. The second kappa shape index (κ2) is 2.94. The summed E-state index contributed by atoms with van der Waals surface area (Å²) in [5.74, 6) is 0. The maximum atomic E-state index is 10.1. The van der Waals surface area contributed by atoms with Crippen LogP contribution in [0.3, 0.4) is 0 Å². The number of thiol groups is 1. The van der Waals surface area contributed by atoms with E-state index in [1.807, 2.05) is 24.3 Å². The third-order valence-electron chi connectivity index (χ3n) is 1.49. The van der Waals surface area contributed by atoms with Crippen LogP contribution < -0.4 is 4.18 Å². The molecule has 0 fully saturated rings. The van der Waals surface area contributed by atoms with Gasteiger partial charge in [0.25, 0.3) is 0 Å². The van der Waals surface area contributed by atoms with Gasteiger partial charge < -0.3 is 9.17 Å². The van der Waals surface area contributed by atoms with E-state index in [-0.39, 0.29) is 6.01 Å². The number of H-pyrrole nitrogens is 1. The lowest BCUT2D eigenvalue weighted by molar-refractivity contribution is 0.552. The average Bonchev–Trinajstić information content (AvgIpc) is 2.47. The summed E-state index contributed by atoms with van der Waals surface area (Å²) in [4.78, 5) is 6.87. The first-order valence-electron chi connectivity index (χ1n) is 3.34. The zero-order chi connectivity index (χ0) is 8.39. The molecule has 12 heavy (non-hydrogen) atoms. The monoisotopic (exact) mass is 182 g/mol. The molecule has 2 aromatic rings. The molecule has 0 saturated carbocycles. The second-order valence-corrected chi connectivity index (χ2v) is 2.56. The van der Waals surface area contributed by atoms with Crippen LogP contribution in [0.5, 0.6) is 6.01 Å². The highest BCUT2D eigenvalue weighted by Crippen LogP contribution is 2.14. The van der Waals surface area contributed by atoms with Crippen LogP contribution in [-0.2, 0) is 11.9 Å². The van der Waals surface area contributed by atoms with Crippen LogP contribution in [0.4, 0.5) is 0 Å². The van der Waals surface area contributed by atoms with Crippen molar-refractivity contribution >= 4 is 23.0 Å². The molecule has 0 spiro atoms. The molecule has 0 aliphatic rings. The van der Waals surface area contributed by atoms with E-state index in [0.29, 0.717) is 0 Å². The Kier molecular flexibility index (Phi) is 1.79. The SMILES string of the molecule is O=[SH]Oc1nc2ccccc2[nH]1. The number of imidazole rings is 1. The quantitative estimate of drug-likeness (QED) is 0.675. The molecular formula is C7H6N2O2S. The Bertz CT molecular complexity index is 379. The first-order valence-corrected chi connectivity index (χ1v) is 4.07. The predicted molar refractivity (Wildman–Crippen MR) is 46.3 cm³/mol. The number of rotatable bonds is 2. The van der Waals surface area contributed by atoms with Gasteiger partial charge in [0.15, 0.2) is 11.9 Å². The molecule has 0 radical (unpaired) electrons. The van der Waals surface area contributed by atoms with E-state index in [2.05, 4.69) is 14.2 Å². The van der Waals surface area contributed by atoms with Crippen molar-refractivity contribution in [2.75, 3.05) is 0 Å². The van der Waals surface area contributed by atoms with Gasteiger partial charge in [0.1, 0.15) is 0 Å². The minimum Gasteiger partial charge on any atom is -0.365 e. The third-order valence-corrected chi connectivity index (χ3v) is 1.74. The van der Waals surface area contributed by atoms with Crippen molar-refractivity contribution in [3.05, 3.63) is 24.3 Å². The summed E-state index contributed by atoms with van der Waals surface area (Å²) < 4.78 is 14.7. The Balaban J connectivity index is 2.54. The van der Waals surface area contributed by atoms with E-state index in [1.54, 1.807) is 0 Å². The number of nitrogens with zero attached hydrogens (tertiary/aromatic N) is 1. The van der Waals surface area contributed by atoms with Crippen LogP contribution >= 0.6 is 0 Å². The maximum absolute atomic E-state index is 10.1. The van der Waals surface area contributed by atoms with E-state index in [9.17, 15) is 4.21 Å². The molecule has 0 amide bonds. The van der Waals surface area contributed by atoms with Crippen molar-refractivity contribution in [2.45, 2.75) is 0 Å². The number of fused-ring (bicyclic) bond motifs is 1. The Morgan fingerprint density at radius 3 is 3.00 bits per heavy atom. The molecule has 1 aromatic carbocycles. The first kappa shape index (κ1) is 7.30. The van der Waals surface area contributed by atoms with Crippen LogP contribution in [0.15, 0.2) is 24.3 Å². The number of aromatic amines is 1. The van der Waals surface area contributed by atoms with Gasteiger partial charge in [-0.05, 0) is 12.1 Å². The van der Waals surface area contributed by atoms with E-state index in [0.717, 1.165) is 11.0 Å². The fourth-order valence-corrected chi connectivity index (χ4v) is 1.16. The van der Waals surface area contributed by atoms with Crippen molar-refractivity contribution in [1.29, 1.82) is 0 Å². The van der Waals surface area contributed by atoms with Gasteiger partial charge in [-0.15, -0.1) is 0 Å². The predicted octanol–water partition coefficient (Wildman–Crippen LogP) is 0.802. The van der Waals surface area contributed by atoms with Crippen molar-refractivity contribution in [3.63, 3.8) is 0 Å². The second-order valence-electron chi connectivity index (χ2n) is 2.22. The maximum Gasteiger partial charge on any atom is 0.309 e. The van der Waals surface area contributed by atoms with Gasteiger partial charge in [-0.2, -0.15) is 4.98 Å². The van der Waals surface area contributed by atoms with Gasteiger partial charge in [0.2, 0.25) is 0 Å². The van der Waals surface area contributed by atoms with Gasteiger partial charge in [-0.1, -0.05) is 12.1 Å². The highest BCUT2D eigenvalue weighted by Gasteiger charge is 2.00. The topological polar surface area (TPSA) is 55.0 Å². The Morgan fingerprint density at radius 1 is 1.42 bits per heavy atom. The van der Waals surface area contributed by atoms with Crippen LogP contribution in [0.2, 0.25) is 0 Å². The molecule has 1 heterocycles. The highest BCUT2D eigenvalue weighted by atomic mass is 32.2. The van der Waals surface area contributed by atoms with E-state index in [1.165, 1.54) is 0 Å². The lowest BCUT2D eigenvalue weighted by Gasteiger charge is -1.84. The zero-order valence-corrected chi connectivity index (χ0v) is 6.91. The van der Waals surface area contributed by atoms with Crippen molar-refractivity contribution in [3.8, 4) is 6.01 Å². The van der Waals surface area contributed by atoms with Gasteiger partial charge >= 0.3 is 6.01 Å². The highest BCUT2D eigenvalue weighted by molar-refractivity contribution is 7.60. The minimum absolute atomic E-state index is 0.271. The van der Waals surface area contributed by atoms with Gasteiger partial charge in [0.05, 0.1) is 11.0 Å². The van der Waals surface area contributed by atoms with E-state index >= 15 is 0 Å². The van der Waals surface area contributed by atoms with Crippen molar-refractivity contribution < 1.29 is 8.39 Å². The molecule has 0 atom stereocenters. The largest absolute Gasteiger partial charge is 0.365 e. The third kappa shape index (κ3) is 1.18. The van der Waals surface area contributed by atoms with Gasteiger partial charge in [-0.25, -0.2) is 4.21 Å². The first-order chi connectivity index (χ1) is 5.90. The average molecular weight is 182 g/mol. The molecule has 0 bridgehead atoms. The van der Waals surface area contributed by atoms with E-state index in [4.69, 9.17) is 0 Å². The van der Waals surface area contributed by atoms with Crippen LogP contribution in [0.1, 0.15) is 0 Å². The Morgan fingerprint density at radius 2 is 2.25 bits per heavy atom. The van der Waals surface area contributed by atoms with Crippen molar-refractivity contribution in [1.82, 2.24) is 9.97 Å². The molecule has 0 unspecified atom stereocenters. The molecule has 2 rings (SSSR count). The number of hydrogen-bond donors (Lipinski definition) is 2. The summed E-state index contributed by atoms with van der Waals surface area (Å²) >= 11 is -0.399. The fraction of sp³-hybridized carbons (Fsp3) is 0. The van der Waals surface area contributed by atoms with Gasteiger partial charge in [0, 0.05) is 0 Å². The van der Waals surface area contributed by atoms with Crippen LogP contribution in [0, 0.1) is 0 Å². The summed E-state index contributed by atoms with van der Waals surface area (Å²) in [5.41, 5.74) is 1.67. The summed E-state index contributed by atoms with van der Waals surface area (Å²) in [6.45, 7) is 0. The molecule has 1 aromatic heterocycles. The number of nitrogens with one attached hydrogen (secondary N) is 1. The number of benzene rings is 1. The number of para-hydroxylation sites is 2. The smallest absolute Gasteiger partial charge is 0.309 e. The summed E-state index contributed by atoms with van der Waals surface area (Å²) in [7, 11) is 0. The Labute approximate surface area is 72.3 Å². The normalized spacial score (nSPS) is 10.3.